The number of hydrogen-bond donors (Lipinski definition) is 1. The second-order valence-electron chi connectivity index (χ2n) is 7.13. The summed E-state index contributed by atoms with van der Waals surface area (Å²) in [5.41, 5.74) is -0.129. The molecule has 0 bridgehead atoms. The van der Waals surface area contributed by atoms with Crippen LogP contribution < -0.4 is 4.90 Å². The number of carbonyl (C=O) groups excluding carboxylic acids is 3. The van der Waals surface area contributed by atoms with Crippen LogP contribution in [0.5, 0.6) is 0 Å². The second-order valence-corrected chi connectivity index (χ2v) is 8.11. The van der Waals surface area contributed by atoms with E-state index in [9.17, 15) is 29.6 Å². The van der Waals surface area contributed by atoms with Crippen LogP contribution in [0, 0.1) is 17.0 Å². The van der Waals surface area contributed by atoms with Crippen molar-refractivity contribution in [3.8, 4) is 0 Å². The number of Topliss-reactive ketones (excluding diaryl/α,β-unsaturated/α-hetero) is 1. The average molecular weight is 483 g/mol. The van der Waals surface area contributed by atoms with E-state index in [2.05, 4.69) is 4.98 Å². The smallest absolute Gasteiger partial charge is 0.350 e. The van der Waals surface area contributed by atoms with Gasteiger partial charge in [0, 0.05) is 12.1 Å². The zero-order valence-electron chi connectivity index (χ0n) is 17.9. The Morgan fingerprint density at radius 3 is 2.74 bits per heavy atom. The topological polar surface area (TPSA) is 153 Å². The molecule has 1 atom stereocenters. The molecule has 0 spiro atoms. The fourth-order valence-electron chi connectivity index (χ4n) is 3.57. The molecular formula is C22H17N3O8S. The normalized spacial score (nSPS) is 15.6. The number of nitrogens with zero attached hydrogens (tertiary/aromatic N) is 3. The van der Waals surface area contributed by atoms with Gasteiger partial charge >= 0.3 is 5.97 Å². The maximum absolute atomic E-state index is 13.2. The first-order valence-corrected chi connectivity index (χ1v) is 10.8. The van der Waals surface area contributed by atoms with Crippen LogP contribution in [0.4, 0.5) is 10.8 Å². The first-order valence-electron chi connectivity index (χ1n) is 9.98. The standard InChI is InChI=1S/C22H17N3O8S/c1-3-32-21(29)19-11(2)23-22(34-19)24-16(12-6-4-7-13(10-12)25(30)31)15(18(27)20(24)28)17(26)14-8-5-9-33-14/h4-10,16,27H,3H2,1-2H3/t16-/m1/s1. The van der Waals surface area contributed by atoms with Crippen molar-refractivity contribution in [2.24, 2.45) is 0 Å². The van der Waals surface area contributed by atoms with Crippen LogP contribution in [0.25, 0.3) is 0 Å². The van der Waals surface area contributed by atoms with Crippen molar-refractivity contribution in [2.75, 3.05) is 11.5 Å². The number of benzene rings is 1. The quantitative estimate of drug-likeness (QED) is 0.228. The number of esters is 1. The Balaban J connectivity index is 1.88. The largest absolute Gasteiger partial charge is 0.503 e. The van der Waals surface area contributed by atoms with E-state index in [1.165, 1.54) is 42.7 Å². The number of carbonyl (C=O) groups is 3. The van der Waals surface area contributed by atoms with Gasteiger partial charge in [0.25, 0.3) is 11.6 Å². The molecule has 1 aliphatic rings. The summed E-state index contributed by atoms with van der Waals surface area (Å²) in [4.78, 5) is 54.8. The molecule has 1 aliphatic heterocycles. The lowest BCUT2D eigenvalue weighted by molar-refractivity contribution is -0.384. The summed E-state index contributed by atoms with van der Waals surface area (Å²) >= 11 is 0.844. The summed E-state index contributed by atoms with van der Waals surface area (Å²) < 4.78 is 10.2. The zero-order valence-corrected chi connectivity index (χ0v) is 18.7. The van der Waals surface area contributed by atoms with Gasteiger partial charge in [-0.15, -0.1) is 0 Å². The Bertz CT molecular complexity index is 1340. The summed E-state index contributed by atoms with van der Waals surface area (Å²) in [6.45, 7) is 3.33. The highest BCUT2D eigenvalue weighted by molar-refractivity contribution is 7.17. The number of amides is 1. The van der Waals surface area contributed by atoms with Crippen LogP contribution in [0.2, 0.25) is 0 Å². The second kappa shape index (κ2) is 8.90. The maximum Gasteiger partial charge on any atom is 0.350 e. The summed E-state index contributed by atoms with van der Waals surface area (Å²) in [6.07, 6.45) is 1.26. The van der Waals surface area contributed by atoms with E-state index in [0.717, 1.165) is 16.2 Å². The number of non-ortho nitro benzene ring substituents is 1. The lowest BCUT2D eigenvalue weighted by atomic mass is 9.95. The van der Waals surface area contributed by atoms with Gasteiger partial charge in [0.1, 0.15) is 4.88 Å². The Labute approximate surface area is 196 Å². The van der Waals surface area contributed by atoms with Crippen LogP contribution in [0.1, 0.15) is 44.4 Å². The Morgan fingerprint density at radius 2 is 2.09 bits per heavy atom. The zero-order chi connectivity index (χ0) is 24.6. The number of aryl methyl sites for hydroxylation is 1. The first kappa shape index (κ1) is 22.9. The van der Waals surface area contributed by atoms with Gasteiger partial charge in [-0.2, -0.15) is 0 Å². The Morgan fingerprint density at radius 1 is 1.32 bits per heavy atom. The lowest BCUT2D eigenvalue weighted by Crippen LogP contribution is -2.31. The van der Waals surface area contributed by atoms with Crippen LogP contribution >= 0.6 is 11.3 Å². The number of furan rings is 1. The van der Waals surface area contributed by atoms with Crippen molar-refractivity contribution >= 4 is 39.8 Å². The predicted octanol–water partition coefficient (Wildman–Crippen LogP) is 3.91. The number of ketones is 1. The molecule has 4 rings (SSSR count). The molecule has 1 aromatic carbocycles. The third-order valence-corrected chi connectivity index (χ3v) is 6.18. The van der Waals surface area contributed by atoms with E-state index in [4.69, 9.17) is 9.15 Å². The van der Waals surface area contributed by atoms with Gasteiger partial charge in [0.2, 0.25) is 5.78 Å². The van der Waals surface area contributed by atoms with Crippen LogP contribution in [-0.4, -0.2) is 39.3 Å². The fourth-order valence-corrected chi connectivity index (χ4v) is 4.56. The molecule has 11 nitrogen and oxygen atoms in total. The molecule has 1 amide bonds. The highest BCUT2D eigenvalue weighted by Crippen LogP contribution is 2.44. The number of anilines is 1. The minimum atomic E-state index is -1.26. The first-order chi connectivity index (χ1) is 16.2. The van der Waals surface area contributed by atoms with Gasteiger partial charge < -0.3 is 14.3 Å². The van der Waals surface area contributed by atoms with Crippen LogP contribution in [0.15, 0.2) is 58.4 Å². The third kappa shape index (κ3) is 3.83. The average Bonchev–Trinajstić information content (AvgIpc) is 3.53. The molecule has 2 aromatic heterocycles. The van der Waals surface area contributed by atoms with E-state index < -0.39 is 34.4 Å². The monoisotopic (exact) mass is 483 g/mol. The van der Waals surface area contributed by atoms with Gasteiger partial charge in [-0.25, -0.2) is 9.78 Å². The van der Waals surface area contributed by atoms with E-state index in [0.29, 0.717) is 0 Å². The number of thiazole rings is 1. The number of aliphatic hydroxyl groups excluding tert-OH is 1. The Kier molecular flexibility index (Phi) is 5.99. The number of hydrogen-bond acceptors (Lipinski definition) is 10. The summed E-state index contributed by atoms with van der Waals surface area (Å²) in [5, 5.41) is 22.1. The number of aliphatic hydroxyl groups is 1. The molecule has 1 N–H and O–H groups in total. The van der Waals surface area contributed by atoms with E-state index in [-0.39, 0.29) is 44.9 Å². The predicted molar refractivity (Wildman–Crippen MR) is 119 cm³/mol. The van der Waals surface area contributed by atoms with E-state index in [1.54, 1.807) is 13.8 Å². The Hall–Kier alpha value is -4.32. The van der Waals surface area contributed by atoms with Crippen molar-refractivity contribution < 1.29 is 33.6 Å². The number of nitro groups is 1. The van der Waals surface area contributed by atoms with Gasteiger partial charge in [-0.1, -0.05) is 23.5 Å². The van der Waals surface area contributed by atoms with Gasteiger partial charge in [0.15, 0.2) is 16.7 Å². The number of rotatable bonds is 7. The van der Waals surface area contributed by atoms with E-state index in [1.807, 2.05) is 0 Å². The summed E-state index contributed by atoms with van der Waals surface area (Å²) in [7, 11) is 0. The highest BCUT2D eigenvalue weighted by Gasteiger charge is 2.47. The molecule has 0 saturated heterocycles. The molecule has 0 radical (unpaired) electrons. The molecule has 12 heteroatoms. The molecule has 3 heterocycles. The van der Waals surface area contributed by atoms with Crippen LogP contribution in [0.3, 0.4) is 0 Å². The molecule has 3 aromatic rings. The summed E-state index contributed by atoms with van der Waals surface area (Å²) in [6, 6.07) is 6.92. The fraction of sp³-hybridized carbons (Fsp3) is 0.182. The van der Waals surface area contributed by atoms with Crippen molar-refractivity contribution in [3.05, 3.63) is 86.0 Å². The number of aromatic nitrogens is 1. The molecule has 0 unspecified atom stereocenters. The van der Waals surface area contributed by atoms with Gasteiger partial charge in [0.05, 0.1) is 35.1 Å². The van der Waals surface area contributed by atoms with E-state index >= 15 is 0 Å². The van der Waals surface area contributed by atoms with Crippen molar-refractivity contribution in [1.82, 2.24) is 4.98 Å². The SMILES string of the molecule is CCOC(=O)c1sc(N2C(=O)C(O)=C(C(=O)c3ccco3)[C@H]2c2cccc([N+](=O)[O-])c2)nc1C. The number of ether oxygens (including phenoxy) is 1. The minimum Gasteiger partial charge on any atom is -0.503 e. The number of nitro benzene ring substituents is 1. The molecule has 0 aliphatic carbocycles. The molecular weight excluding hydrogens is 466 g/mol. The molecule has 0 fully saturated rings. The van der Waals surface area contributed by atoms with Gasteiger partial charge in [-0.3, -0.25) is 24.6 Å². The molecule has 0 saturated carbocycles. The van der Waals surface area contributed by atoms with Crippen molar-refractivity contribution in [3.63, 3.8) is 0 Å². The lowest BCUT2D eigenvalue weighted by Gasteiger charge is -2.24. The van der Waals surface area contributed by atoms with Crippen molar-refractivity contribution in [1.29, 1.82) is 0 Å². The molecule has 174 valence electrons. The third-order valence-electron chi connectivity index (χ3n) is 5.05. The highest BCUT2D eigenvalue weighted by atomic mass is 32.1. The minimum absolute atomic E-state index is 0.0101. The van der Waals surface area contributed by atoms with Crippen LogP contribution in [-0.2, 0) is 9.53 Å². The maximum atomic E-state index is 13.2. The summed E-state index contributed by atoms with van der Waals surface area (Å²) in [5.74, 6) is -3.33. The van der Waals surface area contributed by atoms with Crippen molar-refractivity contribution in [2.45, 2.75) is 19.9 Å². The van der Waals surface area contributed by atoms with Gasteiger partial charge in [-0.05, 0) is 31.5 Å². The molecule has 34 heavy (non-hydrogen) atoms.